The van der Waals surface area contributed by atoms with Gasteiger partial charge in [-0.05, 0) is 91.6 Å². The van der Waals surface area contributed by atoms with Crippen LogP contribution in [0.25, 0.3) is 0 Å². The van der Waals surface area contributed by atoms with Gasteiger partial charge < -0.3 is 34.9 Å². The number of nitrogens with one attached hydrogen (secondary N) is 1. The standard InChI is InChI=1S/C39H45N5O7/c1-24(49-23-36(46)35(45)16-17-42-33-13-10-25-6-3-4-8-31(25)33)50-37-15-11-26(18-28(37)19-40)38(51-41-2)43-20-27-7-5-9-32-30(27)12-14-34(32)44-21-29(22-44)39(47)48/h3-9,11,15,18,24,29,33-36,42,45-46H,2,10,12-14,16-17,20-23H2,1H3,(H,47,48)/b43-38-/t24?,33?,34?,35-,36?/m0/s1. The Balaban J connectivity index is 1.01. The van der Waals surface area contributed by atoms with Gasteiger partial charge in [0.05, 0.1) is 30.7 Å². The Labute approximate surface area is 298 Å². The highest BCUT2D eigenvalue weighted by Gasteiger charge is 2.40. The van der Waals surface area contributed by atoms with Gasteiger partial charge >= 0.3 is 5.97 Å². The Morgan fingerprint density at radius 1 is 1.08 bits per heavy atom. The molecule has 0 radical (unpaired) electrons. The van der Waals surface area contributed by atoms with E-state index in [0.29, 0.717) is 38.2 Å². The number of aliphatic imine (C=N–C) groups is 1. The summed E-state index contributed by atoms with van der Waals surface area (Å²) < 4.78 is 11.6. The number of carbonyl (C=O) groups is 1. The second-order valence-corrected chi connectivity index (χ2v) is 13.4. The highest BCUT2D eigenvalue weighted by molar-refractivity contribution is 5.94. The minimum absolute atomic E-state index is 0.144. The van der Waals surface area contributed by atoms with E-state index >= 15 is 0 Å². The van der Waals surface area contributed by atoms with Gasteiger partial charge in [0.2, 0.25) is 0 Å². The zero-order valence-corrected chi connectivity index (χ0v) is 28.8. The fourth-order valence-corrected chi connectivity index (χ4v) is 7.33. The van der Waals surface area contributed by atoms with Crippen molar-refractivity contribution in [2.75, 3.05) is 26.2 Å². The number of nitrogens with zero attached hydrogens (tertiary/aromatic N) is 4. The molecular weight excluding hydrogens is 650 g/mol. The predicted octanol–water partition coefficient (Wildman–Crippen LogP) is 4.27. The number of carboxylic acids is 1. The second-order valence-electron chi connectivity index (χ2n) is 13.4. The van der Waals surface area contributed by atoms with Crippen molar-refractivity contribution in [1.82, 2.24) is 10.2 Å². The Kier molecular flexibility index (Phi) is 11.8. The molecule has 0 saturated carbocycles. The number of aliphatic hydroxyl groups excluding tert-OH is 2. The number of benzene rings is 3. The second kappa shape index (κ2) is 16.6. The summed E-state index contributed by atoms with van der Waals surface area (Å²) in [6, 6.07) is 22.0. The SMILES string of the molecule is C=NO/C(=N\Cc1cccc2c1CCC2N1CC(C(=O)O)C1)c1ccc(OC(C)OCC(O)[C@@H](O)CCNC2CCc3ccccc32)c(C#N)c1. The van der Waals surface area contributed by atoms with Gasteiger partial charge in [0.15, 0.2) is 6.29 Å². The molecular formula is C39H45N5O7. The normalized spacial score (nSPS) is 20.4. The zero-order chi connectivity index (χ0) is 35.9. The molecule has 3 aromatic rings. The minimum Gasteiger partial charge on any atom is -0.481 e. The Morgan fingerprint density at radius 2 is 1.88 bits per heavy atom. The van der Waals surface area contributed by atoms with Crippen LogP contribution in [0.1, 0.15) is 77.2 Å². The topological polar surface area (TPSA) is 169 Å². The van der Waals surface area contributed by atoms with E-state index in [1.807, 2.05) is 18.2 Å². The highest BCUT2D eigenvalue weighted by Crippen LogP contribution is 2.41. The third kappa shape index (κ3) is 8.47. The van der Waals surface area contributed by atoms with Crippen LogP contribution >= 0.6 is 0 Å². The van der Waals surface area contributed by atoms with Gasteiger partial charge in [-0.2, -0.15) is 5.26 Å². The number of ether oxygens (including phenoxy) is 2. The number of rotatable bonds is 16. The molecule has 268 valence electrons. The molecule has 51 heavy (non-hydrogen) atoms. The number of hydrogen-bond donors (Lipinski definition) is 4. The van der Waals surface area contributed by atoms with Gasteiger partial charge in [0.25, 0.3) is 5.90 Å². The first kappa shape index (κ1) is 36.2. The smallest absolute Gasteiger partial charge is 0.309 e. The molecule has 4 N–H and O–H groups in total. The van der Waals surface area contributed by atoms with Gasteiger partial charge in [-0.3, -0.25) is 9.69 Å². The van der Waals surface area contributed by atoms with Crippen molar-refractivity contribution in [3.05, 3.63) is 99.6 Å². The van der Waals surface area contributed by atoms with Crippen LogP contribution in [0.15, 0.2) is 70.8 Å². The average molecular weight is 696 g/mol. The molecule has 0 bridgehead atoms. The summed E-state index contributed by atoms with van der Waals surface area (Å²) >= 11 is 0. The molecule has 0 amide bonds. The fourth-order valence-electron chi connectivity index (χ4n) is 7.33. The van der Waals surface area contributed by atoms with Crippen LogP contribution in [0.4, 0.5) is 0 Å². The summed E-state index contributed by atoms with van der Waals surface area (Å²) in [5.74, 6) is -0.571. The first-order chi connectivity index (χ1) is 24.7. The molecule has 4 unspecified atom stereocenters. The third-order valence-electron chi connectivity index (χ3n) is 10.1. The molecule has 3 aliphatic rings. The van der Waals surface area contributed by atoms with E-state index in [2.05, 4.69) is 52.4 Å². The molecule has 5 atom stereocenters. The van der Waals surface area contributed by atoms with E-state index in [9.17, 15) is 25.4 Å². The van der Waals surface area contributed by atoms with Gasteiger partial charge in [0, 0.05) is 37.5 Å². The summed E-state index contributed by atoms with van der Waals surface area (Å²) in [6.45, 7) is 6.96. The monoisotopic (exact) mass is 695 g/mol. The van der Waals surface area contributed by atoms with Crippen molar-refractivity contribution in [2.45, 2.75) is 76.2 Å². The molecule has 1 heterocycles. The van der Waals surface area contributed by atoms with Crippen LogP contribution in [-0.4, -0.2) is 83.5 Å². The fraction of sp³-hybridized carbons (Fsp3) is 0.436. The Hall–Kier alpha value is -4.64. The number of aryl methyl sites for hydroxylation is 1. The van der Waals surface area contributed by atoms with Crippen molar-refractivity contribution in [2.24, 2.45) is 16.1 Å². The molecule has 12 nitrogen and oxygen atoms in total. The predicted molar refractivity (Wildman–Crippen MR) is 190 cm³/mol. The zero-order valence-electron chi connectivity index (χ0n) is 28.8. The van der Waals surface area contributed by atoms with Gasteiger partial charge in [0.1, 0.15) is 17.9 Å². The van der Waals surface area contributed by atoms with E-state index in [-0.39, 0.29) is 41.8 Å². The van der Waals surface area contributed by atoms with E-state index in [0.717, 1.165) is 31.2 Å². The number of fused-ring (bicyclic) bond motifs is 2. The number of likely N-dealkylation sites (tertiary alicyclic amines) is 1. The molecule has 1 fully saturated rings. The van der Waals surface area contributed by atoms with Crippen molar-refractivity contribution >= 4 is 18.6 Å². The number of hydrogen-bond acceptors (Lipinski definition) is 11. The lowest BCUT2D eigenvalue weighted by Crippen LogP contribution is -2.51. The number of carboxylic acid groups (broad SMARTS) is 1. The van der Waals surface area contributed by atoms with E-state index < -0.39 is 24.5 Å². The first-order valence-electron chi connectivity index (χ1n) is 17.5. The van der Waals surface area contributed by atoms with Gasteiger partial charge in [-0.25, -0.2) is 4.99 Å². The van der Waals surface area contributed by atoms with Crippen molar-refractivity contribution in [3.63, 3.8) is 0 Å². The Bertz CT molecular complexity index is 1790. The maximum Gasteiger partial charge on any atom is 0.309 e. The molecule has 0 aromatic heterocycles. The number of oxime groups is 1. The van der Waals surface area contributed by atoms with Crippen LogP contribution in [0.2, 0.25) is 0 Å². The molecule has 0 spiro atoms. The lowest BCUT2D eigenvalue weighted by atomic mass is 9.94. The number of aliphatic hydroxyl groups is 2. The lowest BCUT2D eigenvalue weighted by molar-refractivity contribution is -0.148. The van der Waals surface area contributed by atoms with Crippen LogP contribution in [0.3, 0.4) is 0 Å². The van der Waals surface area contributed by atoms with Crippen LogP contribution in [0.5, 0.6) is 5.75 Å². The molecule has 1 saturated heterocycles. The van der Waals surface area contributed by atoms with Crippen LogP contribution in [-0.2, 0) is 33.8 Å². The summed E-state index contributed by atoms with van der Waals surface area (Å²) in [5.41, 5.74) is 6.86. The quantitative estimate of drug-likeness (QED) is 0.0735. The first-order valence-corrected chi connectivity index (χ1v) is 17.5. The maximum atomic E-state index is 11.3. The third-order valence-corrected chi connectivity index (χ3v) is 10.1. The van der Waals surface area contributed by atoms with Gasteiger partial charge in [-0.1, -0.05) is 47.6 Å². The number of nitriles is 1. The van der Waals surface area contributed by atoms with E-state index in [4.69, 9.17) is 19.3 Å². The van der Waals surface area contributed by atoms with Crippen molar-refractivity contribution < 1.29 is 34.4 Å². The summed E-state index contributed by atoms with van der Waals surface area (Å²) in [6.07, 6.45) is 1.33. The molecule has 2 aliphatic carbocycles. The highest BCUT2D eigenvalue weighted by atomic mass is 16.7. The molecule has 6 rings (SSSR count). The number of aliphatic carboxylic acids is 1. The van der Waals surface area contributed by atoms with Crippen molar-refractivity contribution in [1.29, 1.82) is 5.26 Å². The Morgan fingerprint density at radius 3 is 2.67 bits per heavy atom. The summed E-state index contributed by atoms with van der Waals surface area (Å²) in [4.78, 5) is 23.7. The summed E-state index contributed by atoms with van der Waals surface area (Å²) in [7, 11) is 0. The van der Waals surface area contributed by atoms with Crippen molar-refractivity contribution in [3.8, 4) is 11.8 Å². The largest absolute Gasteiger partial charge is 0.481 e. The average Bonchev–Trinajstić information content (AvgIpc) is 3.73. The lowest BCUT2D eigenvalue weighted by Gasteiger charge is -2.41. The van der Waals surface area contributed by atoms with Gasteiger partial charge in [-0.15, -0.1) is 0 Å². The molecule has 3 aromatic carbocycles. The van der Waals surface area contributed by atoms with Crippen LogP contribution in [0, 0.1) is 17.2 Å². The van der Waals surface area contributed by atoms with Crippen LogP contribution < -0.4 is 10.1 Å². The maximum absolute atomic E-state index is 11.3. The van der Waals surface area contributed by atoms with E-state index in [1.165, 1.54) is 22.3 Å². The molecule has 12 heteroatoms. The molecule has 1 aliphatic heterocycles. The van der Waals surface area contributed by atoms with E-state index in [1.54, 1.807) is 25.1 Å². The summed E-state index contributed by atoms with van der Waals surface area (Å²) in [5, 5.41) is 47.3. The minimum atomic E-state index is -1.11.